The van der Waals surface area contributed by atoms with Crippen molar-refractivity contribution >= 4 is 22.2 Å². The van der Waals surface area contributed by atoms with Crippen LogP contribution < -0.4 is 10.3 Å². The largest absolute Gasteiger partial charge is 0.484 e. The lowest BCUT2D eigenvalue weighted by Gasteiger charge is -2.34. The Kier molecular flexibility index (Phi) is 6.51. The lowest BCUT2D eigenvalue weighted by atomic mass is 10.2. The van der Waals surface area contributed by atoms with E-state index in [4.69, 9.17) is 4.74 Å². The van der Waals surface area contributed by atoms with Crippen LogP contribution >= 0.6 is 11.3 Å². The van der Waals surface area contributed by atoms with Gasteiger partial charge in [-0.1, -0.05) is 23.5 Å². The van der Waals surface area contributed by atoms with Crippen LogP contribution in [-0.2, 0) is 11.3 Å². The smallest absolute Gasteiger partial charge is 0.275 e. The third kappa shape index (κ3) is 5.36. The molecule has 0 atom stereocenters. The molecule has 1 aliphatic rings. The molecule has 1 amide bonds. The van der Waals surface area contributed by atoms with Crippen LogP contribution in [0, 0.1) is 11.6 Å². The maximum Gasteiger partial charge on any atom is 0.275 e. The Balaban J connectivity index is 1.19. The van der Waals surface area contributed by atoms with E-state index in [1.807, 2.05) is 0 Å². The predicted octanol–water partition coefficient (Wildman–Crippen LogP) is 2.82. The molecular weight excluding hydrogens is 476 g/mol. The number of hydrogen-bond donors (Lipinski definition) is 0. The number of hydrogen-bond acceptors (Lipinski definition) is 7. The molecule has 0 radical (unpaired) electrons. The van der Waals surface area contributed by atoms with Crippen LogP contribution in [-0.4, -0.2) is 63.1 Å². The zero-order valence-corrected chi connectivity index (χ0v) is 19.4. The van der Waals surface area contributed by atoms with Gasteiger partial charge in [-0.05, 0) is 36.4 Å². The highest BCUT2D eigenvalue weighted by molar-refractivity contribution is 7.19. The van der Waals surface area contributed by atoms with Crippen molar-refractivity contribution in [2.45, 2.75) is 6.54 Å². The molecule has 1 saturated heterocycles. The molecular formula is C24H21F2N5O3S. The van der Waals surface area contributed by atoms with Crippen LogP contribution in [0.1, 0.15) is 5.69 Å². The molecule has 2 aromatic heterocycles. The molecule has 2 aromatic carbocycles. The first-order valence-electron chi connectivity index (χ1n) is 11.0. The van der Waals surface area contributed by atoms with Gasteiger partial charge < -0.3 is 9.64 Å². The average Bonchev–Trinajstić information content (AvgIpc) is 3.29. The number of fused-ring (bicyclic) bond motifs is 1. The van der Waals surface area contributed by atoms with E-state index >= 15 is 0 Å². The van der Waals surface area contributed by atoms with Crippen LogP contribution in [0.2, 0.25) is 0 Å². The first kappa shape index (κ1) is 23.1. The summed E-state index contributed by atoms with van der Waals surface area (Å²) < 4.78 is 33.2. The van der Waals surface area contributed by atoms with Gasteiger partial charge in [-0.3, -0.25) is 14.5 Å². The van der Waals surface area contributed by atoms with E-state index in [9.17, 15) is 18.4 Å². The number of ether oxygens (including phenoxy) is 1. The highest BCUT2D eigenvalue weighted by atomic mass is 32.1. The monoisotopic (exact) mass is 497 g/mol. The van der Waals surface area contributed by atoms with Crippen molar-refractivity contribution in [3.05, 3.63) is 82.3 Å². The van der Waals surface area contributed by atoms with Gasteiger partial charge in [0.25, 0.3) is 11.5 Å². The minimum absolute atomic E-state index is 0.111. The Hall–Kier alpha value is -3.70. The van der Waals surface area contributed by atoms with Gasteiger partial charge >= 0.3 is 0 Å². The van der Waals surface area contributed by atoms with Gasteiger partial charge in [-0.15, -0.1) is 0 Å². The van der Waals surface area contributed by atoms with E-state index in [1.54, 1.807) is 17.0 Å². The van der Waals surface area contributed by atoms with Crippen molar-refractivity contribution < 1.29 is 18.3 Å². The number of nitrogens with zero attached hydrogens (tertiary/aromatic N) is 5. The van der Waals surface area contributed by atoms with E-state index in [1.165, 1.54) is 58.3 Å². The number of rotatable bonds is 6. The van der Waals surface area contributed by atoms with Crippen molar-refractivity contribution in [3.63, 3.8) is 0 Å². The van der Waals surface area contributed by atoms with Crippen molar-refractivity contribution in [1.29, 1.82) is 0 Å². The zero-order chi connectivity index (χ0) is 24.4. The van der Waals surface area contributed by atoms with E-state index in [0.717, 1.165) is 0 Å². The van der Waals surface area contributed by atoms with Crippen LogP contribution in [0.15, 0.2) is 59.4 Å². The lowest BCUT2D eigenvalue weighted by Crippen LogP contribution is -2.49. The number of halogens is 2. The molecule has 5 rings (SSSR count). The van der Waals surface area contributed by atoms with Gasteiger partial charge in [0.15, 0.2) is 6.61 Å². The van der Waals surface area contributed by atoms with Gasteiger partial charge in [-0.25, -0.2) is 13.8 Å². The summed E-state index contributed by atoms with van der Waals surface area (Å²) in [4.78, 5) is 33.9. The molecule has 0 bridgehead atoms. The Morgan fingerprint density at radius 3 is 2.51 bits per heavy atom. The quantitative estimate of drug-likeness (QED) is 0.408. The molecule has 180 valence electrons. The predicted molar refractivity (Wildman–Crippen MR) is 126 cm³/mol. The first-order valence-corrected chi connectivity index (χ1v) is 11.8. The SMILES string of the molecule is O=C(COc1ccc(F)cc1)N1CCN(Cc2cc(=O)n3nc(-c4cccc(F)c4)sc3n2)CC1. The van der Waals surface area contributed by atoms with E-state index in [0.29, 0.717) is 59.7 Å². The Morgan fingerprint density at radius 2 is 1.77 bits per heavy atom. The van der Waals surface area contributed by atoms with Gasteiger partial charge in [0.2, 0.25) is 4.96 Å². The summed E-state index contributed by atoms with van der Waals surface area (Å²) >= 11 is 1.23. The van der Waals surface area contributed by atoms with Gasteiger partial charge in [0.05, 0.1) is 5.69 Å². The number of carbonyl (C=O) groups excluding carboxylic acids is 1. The first-order chi connectivity index (χ1) is 16.9. The van der Waals surface area contributed by atoms with Gasteiger partial charge in [0.1, 0.15) is 22.4 Å². The van der Waals surface area contributed by atoms with Crippen molar-refractivity contribution in [1.82, 2.24) is 24.4 Å². The molecule has 35 heavy (non-hydrogen) atoms. The van der Waals surface area contributed by atoms with Crippen molar-refractivity contribution in [2.24, 2.45) is 0 Å². The summed E-state index contributed by atoms with van der Waals surface area (Å²) in [7, 11) is 0. The maximum atomic E-state index is 13.6. The Bertz CT molecular complexity index is 1410. The van der Waals surface area contributed by atoms with Gasteiger partial charge in [0, 0.05) is 44.4 Å². The molecule has 8 nitrogen and oxygen atoms in total. The maximum absolute atomic E-state index is 13.6. The Labute approximate surface area is 203 Å². The summed E-state index contributed by atoms with van der Waals surface area (Å²) in [6.45, 7) is 2.65. The molecule has 1 aliphatic heterocycles. The number of carbonyl (C=O) groups is 1. The van der Waals surface area contributed by atoms with Crippen molar-refractivity contribution in [3.8, 4) is 16.3 Å². The second-order valence-electron chi connectivity index (χ2n) is 8.10. The number of aromatic nitrogens is 3. The Morgan fingerprint density at radius 1 is 1.00 bits per heavy atom. The third-order valence-electron chi connectivity index (χ3n) is 5.66. The second kappa shape index (κ2) is 9.88. The highest BCUT2D eigenvalue weighted by Crippen LogP contribution is 2.25. The molecule has 1 fully saturated rings. The fraction of sp³-hybridized carbons (Fsp3) is 0.250. The van der Waals surface area contributed by atoms with E-state index in [2.05, 4.69) is 15.0 Å². The molecule has 0 N–H and O–H groups in total. The fourth-order valence-corrected chi connectivity index (χ4v) is 4.75. The van der Waals surface area contributed by atoms with Crippen LogP contribution in [0.25, 0.3) is 15.5 Å². The summed E-state index contributed by atoms with van der Waals surface area (Å²) in [5.41, 5.74) is 0.908. The van der Waals surface area contributed by atoms with E-state index in [-0.39, 0.29) is 29.7 Å². The molecule has 0 spiro atoms. The molecule has 4 aromatic rings. The standard InChI is InChI=1S/C24H21F2N5O3S/c25-17-4-6-20(7-5-17)34-15-22(33)30-10-8-29(9-11-30)14-19-13-21(32)31-24(27-19)35-23(28-31)16-2-1-3-18(26)12-16/h1-7,12-13H,8-11,14-15H2. The molecule has 3 heterocycles. The third-order valence-corrected chi connectivity index (χ3v) is 6.61. The zero-order valence-electron chi connectivity index (χ0n) is 18.6. The second-order valence-corrected chi connectivity index (χ2v) is 9.05. The number of piperazine rings is 1. The lowest BCUT2D eigenvalue weighted by molar-refractivity contribution is -0.135. The summed E-state index contributed by atoms with van der Waals surface area (Å²) in [6, 6.07) is 13.0. The van der Waals surface area contributed by atoms with Gasteiger partial charge in [-0.2, -0.15) is 9.61 Å². The van der Waals surface area contributed by atoms with Crippen LogP contribution in [0.3, 0.4) is 0 Å². The summed E-state index contributed by atoms with van der Waals surface area (Å²) in [5.74, 6) is -0.433. The highest BCUT2D eigenvalue weighted by Gasteiger charge is 2.22. The topological polar surface area (TPSA) is 80.0 Å². The summed E-state index contributed by atoms with van der Waals surface area (Å²) in [5, 5.41) is 4.80. The fourth-order valence-electron chi connectivity index (χ4n) is 3.83. The normalized spacial score (nSPS) is 14.4. The average molecular weight is 498 g/mol. The molecule has 0 unspecified atom stereocenters. The van der Waals surface area contributed by atoms with Crippen LogP contribution in [0.4, 0.5) is 8.78 Å². The molecule has 0 saturated carbocycles. The molecule has 11 heteroatoms. The van der Waals surface area contributed by atoms with Crippen LogP contribution in [0.5, 0.6) is 5.75 Å². The van der Waals surface area contributed by atoms with Crippen molar-refractivity contribution in [2.75, 3.05) is 32.8 Å². The summed E-state index contributed by atoms with van der Waals surface area (Å²) in [6.07, 6.45) is 0. The molecule has 0 aliphatic carbocycles. The number of amides is 1. The minimum atomic E-state index is -0.373. The minimum Gasteiger partial charge on any atom is -0.484 e. The number of benzene rings is 2. The van der Waals surface area contributed by atoms with E-state index < -0.39 is 0 Å².